The normalized spacial score (nSPS) is 12.4. The van der Waals surface area contributed by atoms with Crippen molar-refractivity contribution in [2.45, 2.75) is 6.92 Å². The second kappa shape index (κ2) is 6.39. The van der Waals surface area contributed by atoms with Crippen LogP contribution in [0.25, 0.3) is 0 Å². The maximum absolute atomic E-state index is 6.16. The van der Waals surface area contributed by atoms with Crippen molar-refractivity contribution in [3.63, 3.8) is 0 Å². The number of hydrogen-bond acceptors (Lipinski definition) is 4. The van der Waals surface area contributed by atoms with Crippen LogP contribution in [0.2, 0.25) is 5.02 Å². The van der Waals surface area contributed by atoms with E-state index in [1.165, 1.54) is 0 Å². The third-order valence-corrected chi connectivity index (χ3v) is 4.74. The van der Waals surface area contributed by atoms with Crippen LogP contribution in [0.15, 0.2) is 56.6 Å². The summed E-state index contributed by atoms with van der Waals surface area (Å²) in [5, 5.41) is 11.3. The third kappa shape index (κ3) is 3.32. The highest BCUT2D eigenvalue weighted by Gasteiger charge is 2.01. The Balaban J connectivity index is 2.03. The van der Waals surface area contributed by atoms with Crippen molar-refractivity contribution in [3.05, 3.63) is 67.6 Å². The van der Waals surface area contributed by atoms with Gasteiger partial charge in [0.15, 0.2) is 0 Å². The Morgan fingerprint density at radius 1 is 1.19 bits per heavy atom. The van der Waals surface area contributed by atoms with Gasteiger partial charge in [0.1, 0.15) is 0 Å². The fraction of sp³-hybridized carbons (Fsp3) is 0.0667. The molecule has 0 fully saturated rings. The standard InChI is InChI=1S/C15H12ClN3S2/c1-11-9-21-15(18-14-5-3-2-4-13(14)16)19(11)17-8-12-6-7-20-10-12/h2-10H,1H3. The number of rotatable bonds is 3. The molecule has 0 aliphatic rings. The number of para-hydroxylation sites is 1. The van der Waals surface area contributed by atoms with Crippen LogP contribution in [0.5, 0.6) is 0 Å². The molecular weight excluding hydrogens is 322 g/mol. The van der Waals surface area contributed by atoms with Crippen LogP contribution in [0, 0.1) is 6.92 Å². The summed E-state index contributed by atoms with van der Waals surface area (Å²) >= 11 is 9.35. The first kappa shape index (κ1) is 14.3. The van der Waals surface area contributed by atoms with Crippen LogP contribution in [-0.2, 0) is 0 Å². The molecule has 0 unspecified atom stereocenters. The SMILES string of the molecule is Cc1csc(=Nc2ccccc2Cl)n1N=Cc1ccsc1. The lowest BCUT2D eigenvalue weighted by Gasteiger charge is -1.98. The van der Waals surface area contributed by atoms with Crippen LogP contribution in [0.4, 0.5) is 5.69 Å². The lowest BCUT2D eigenvalue weighted by molar-refractivity contribution is 0.810. The molecule has 106 valence electrons. The number of halogens is 1. The fourth-order valence-corrected chi connectivity index (χ4v) is 3.33. The van der Waals surface area contributed by atoms with E-state index in [1.807, 2.05) is 58.9 Å². The highest BCUT2D eigenvalue weighted by molar-refractivity contribution is 7.08. The quantitative estimate of drug-likeness (QED) is 0.622. The fourth-order valence-electron chi connectivity index (χ4n) is 1.72. The Labute approximate surface area is 135 Å². The van der Waals surface area contributed by atoms with E-state index in [9.17, 15) is 0 Å². The smallest absolute Gasteiger partial charge is 0.211 e. The van der Waals surface area contributed by atoms with E-state index in [0.29, 0.717) is 5.02 Å². The first-order chi connectivity index (χ1) is 10.2. The van der Waals surface area contributed by atoms with Gasteiger partial charge in [0.25, 0.3) is 0 Å². The van der Waals surface area contributed by atoms with E-state index >= 15 is 0 Å². The van der Waals surface area contributed by atoms with Crippen LogP contribution >= 0.6 is 34.3 Å². The van der Waals surface area contributed by atoms with Gasteiger partial charge in [-0.1, -0.05) is 23.7 Å². The molecule has 0 bridgehead atoms. The average molecular weight is 334 g/mol. The summed E-state index contributed by atoms with van der Waals surface area (Å²) in [6, 6.07) is 9.57. The van der Waals surface area contributed by atoms with Gasteiger partial charge < -0.3 is 0 Å². The molecule has 0 atom stereocenters. The largest absolute Gasteiger partial charge is 0.218 e. The molecule has 0 radical (unpaired) electrons. The molecule has 0 saturated heterocycles. The number of thiazole rings is 1. The number of aryl methyl sites for hydroxylation is 1. The summed E-state index contributed by atoms with van der Waals surface area (Å²) in [6.45, 7) is 2.01. The molecule has 1 aromatic carbocycles. The van der Waals surface area contributed by atoms with E-state index in [4.69, 9.17) is 11.6 Å². The molecule has 2 aromatic heterocycles. The van der Waals surface area contributed by atoms with E-state index < -0.39 is 0 Å². The summed E-state index contributed by atoms with van der Waals surface area (Å²) in [6.07, 6.45) is 1.84. The van der Waals surface area contributed by atoms with Crippen LogP contribution in [-0.4, -0.2) is 10.9 Å². The predicted molar refractivity (Wildman–Crippen MR) is 91.0 cm³/mol. The first-order valence-corrected chi connectivity index (χ1v) is 8.47. The zero-order chi connectivity index (χ0) is 14.7. The Morgan fingerprint density at radius 2 is 2.05 bits per heavy atom. The molecule has 0 spiro atoms. The molecule has 0 amide bonds. The van der Waals surface area contributed by atoms with Crippen molar-refractivity contribution < 1.29 is 0 Å². The first-order valence-electron chi connectivity index (χ1n) is 6.27. The number of hydrogen-bond donors (Lipinski definition) is 0. The second-order valence-corrected chi connectivity index (χ2v) is 6.36. The van der Waals surface area contributed by atoms with Crippen molar-refractivity contribution in [1.82, 2.24) is 4.68 Å². The molecule has 0 aliphatic heterocycles. The molecule has 21 heavy (non-hydrogen) atoms. The number of nitrogens with zero attached hydrogens (tertiary/aromatic N) is 3. The number of benzene rings is 1. The average Bonchev–Trinajstić information content (AvgIpc) is 3.10. The summed E-state index contributed by atoms with van der Waals surface area (Å²) in [7, 11) is 0. The van der Waals surface area contributed by atoms with E-state index in [1.54, 1.807) is 22.7 Å². The van der Waals surface area contributed by atoms with Crippen LogP contribution in [0.3, 0.4) is 0 Å². The highest BCUT2D eigenvalue weighted by atomic mass is 35.5. The van der Waals surface area contributed by atoms with Gasteiger partial charge in [0.2, 0.25) is 4.80 Å². The summed E-state index contributed by atoms with van der Waals surface area (Å²) < 4.78 is 1.83. The van der Waals surface area contributed by atoms with Gasteiger partial charge in [-0.25, -0.2) is 9.67 Å². The van der Waals surface area contributed by atoms with E-state index in [-0.39, 0.29) is 0 Å². The van der Waals surface area contributed by atoms with Crippen molar-refractivity contribution >= 4 is 46.2 Å². The maximum Gasteiger partial charge on any atom is 0.211 e. The Kier molecular flexibility index (Phi) is 4.34. The van der Waals surface area contributed by atoms with E-state index in [0.717, 1.165) is 21.7 Å². The molecular formula is C15H12ClN3S2. The minimum absolute atomic E-state index is 0.636. The number of thiophene rings is 1. The van der Waals surface area contributed by atoms with Gasteiger partial charge in [-0.2, -0.15) is 16.4 Å². The molecule has 0 saturated carbocycles. The van der Waals surface area contributed by atoms with Gasteiger partial charge in [-0.3, -0.25) is 0 Å². The summed E-state index contributed by atoms with van der Waals surface area (Å²) in [5.41, 5.74) is 2.87. The van der Waals surface area contributed by atoms with Crippen molar-refractivity contribution in [2.75, 3.05) is 0 Å². The highest BCUT2D eigenvalue weighted by Crippen LogP contribution is 2.23. The monoisotopic (exact) mass is 333 g/mol. The predicted octanol–water partition coefficient (Wildman–Crippen LogP) is 4.69. The molecule has 0 aliphatic carbocycles. The van der Waals surface area contributed by atoms with Crippen molar-refractivity contribution in [2.24, 2.45) is 10.1 Å². The molecule has 3 aromatic rings. The van der Waals surface area contributed by atoms with Gasteiger partial charge in [-0.15, -0.1) is 11.3 Å². The zero-order valence-corrected chi connectivity index (χ0v) is 13.6. The maximum atomic E-state index is 6.16. The third-order valence-electron chi connectivity index (χ3n) is 2.78. The minimum atomic E-state index is 0.636. The zero-order valence-electron chi connectivity index (χ0n) is 11.2. The molecule has 6 heteroatoms. The van der Waals surface area contributed by atoms with Gasteiger partial charge >= 0.3 is 0 Å². The van der Waals surface area contributed by atoms with Crippen LogP contribution in [0.1, 0.15) is 11.3 Å². The lowest BCUT2D eigenvalue weighted by atomic mass is 10.3. The molecule has 2 heterocycles. The lowest BCUT2D eigenvalue weighted by Crippen LogP contribution is -2.11. The second-order valence-electron chi connectivity index (χ2n) is 4.34. The van der Waals surface area contributed by atoms with Gasteiger partial charge in [0, 0.05) is 10.9 Å². The number of aromatic nitrogens is 1. The summed E-state index contributed by atoms with van der Waals surface area (Å²) in [4.78, 5) is 5.40. The van der Waals surface area contributed by atoms with Crippen molar-refractivity contribution in [1.29, 1.82) is 0 Å². The minimum Gasteiger partial charge on any atom is -0.218 e. The topological polar surface area (TPSA) is 29.6 Å². The molecule has 3 rings (SSSR count). The molecule has 3 nitrogen and oxygen atoms in total. The summed E-state index contributed by atoms with van der Waals surface area (Å²) in [5.74, 6) is 0. The molecule has 0 N–H and O–H groups in total. The Bertz CT molecular complexity index is 829. The Hall–Kier alpha value is -1.69. The van der Waals surface area contributed by atoms with Crippen molar-refractivity contribution in [3.8, 4) is 0 Å². The van der Waals surface area contributed by atoms with Gasteiger partial charge in [0.05, 0.1) is 22.6 Å². The van der Waals surface area contributed by atoms with Crippen LogP contribution < -0.4 is 4.80 Å². The van der Waals surface area contributed by atoms with Gasteiger partial charge in [-0.05, 0) is 35.9 Å². The van der Waals surface area contributed by atoms with E-state index in [2.05, 4.69) is 15.5 Å². The Morgan fingerprint density at radius 3 is 2.81 bits per heavy atom.